The van der Waals surface area contributed by atoms with E-state index in [4.69, 9.17) is 0 Å². The van der Waals surface area contributed by atoms with Crippen LogP contribution in [0.5, 0.6) is 0 Å². The third-order valence-electron chi connectivity index (χ3n) is 1.39. The lowest BCUT2D eigenvalue weighted by molar-refractivity contribution is -0.115. The third kappa shape index (κ3) is 0.425. The molecular formula is C5H6N2O. The van der Waals surface area contributed by atoms with Crippen molar-refractivity contribution >= 4 is 5.78 Å². The number of carbonyl (C=O) groups is 1. The molecule has 2 aliphatic heterocycles. The van der Waals surface area contributed by atoms with Crippen LogP contribution < -0.4 is 5.43 Å². The molecule has 3 nitrogen and oxygen atoms in total. The molecular weight excluding hydrogens is 104 g/mol. The lowest BCUT2D eigenvalue weighted by Crippen LogP contribution is -2.14. The Labute approximate surface area is 46.9 Å². The summed E-state index contributed by atoms with van der Waals surface area (Å²) >= 11 is 0. The van der Waals surface area contributed by atoms with Crippen molar-refractivity contribution in [2.24, 2.45) is 0 Å². The molecule has 0 bridgehead atoms. The summed E-state index contributed by atoms with van der Waals surface area (Å²) in [5.74, 6) is 0.177. The number of nitrogens with one attached hydrogen (secondary N) is 1. The summed E-state index contributed by atoms with van der Waals surface area (Å²) in [6, 6.07) is 0. The minimum absolute atomic E-state index is 0.0278. The standard InChI is InChI=1S/C5H6N2O/c8-4-2-1-3-7-5(4)6-7/h1-2,5-6H,3H2. The van der Waals surface area contributed by atoms with Gasteiger partial charge in [-0.25, -0.2) is 10.4 Å². The Morgan fingerprint density at radius 3 is 3.38 bits per heavy atom. The van der Waals surface area contributed by atoms with Gasteiger partial charge in [-0.15, -0.1) is 0 Å². The van der Waals surface area contributed by atoms with E-state index in [0.717, 1.165) is 6.54 Å². The average Bonchev–Trinajstić information content (AvgIpc) is 2.45. The predicted molar refractivity (Wildman–Crippen MR) is 27.8 cm³/mol. The number of carbonyl (C=O) groups excluding carboxylic acids is 1. The fourth-order valence-corrected chi connectivity index (χ4v) is 0.873. The first kappa shape index (κ1) is 4.23. The first-order valence-electron chi connectivity index (χ1n) is 2.61. The molecule has 0 saturated carbocycles. The number of fused-ring (bicyclic) bond motifs is 1. The van der Waals surface area contributed by atoms with Crippen LogP contribution in [0.15, 0.2) is 12.2 Å². The molecule has 0 aromatic rings. The van der Waals surface area contributed by atoms with Crippen LogP contribution in [0.1, 0.15) is 0 Å². The molecule has 2 atom stereocenters. The number of rotatable bonds is 0. The van der Waals surface area contributed by atoms with Crippen LogP contribution in [0.25, 0.3) is 0 Å². The van der Waals surface area contributed by atoms with Crippen molar-refractivity contribution in [3.05, 3.63) is 12.2 Å². The SMILES string of the molecule is O=C1C=CCN2NC12. The van der Waals surface area contributed by atoms with Crippen LogP contribution >= 0.6 is 0 Å². The van der Waals surface area contributed by atoms with E-state index in [9.17, 15) is 4.79 Å². The molecule has 0 spiro atoms. The monoisotopic (exact) mass is 110 g/mol. The van der Waals surface area contributed by atoms with Gasteiger partial charge in [0.25, 0.3) is 0 Å². The maximum Gasteiger partial charge on any atom is 0.189 e. The van der Waals surface area contributed by atoms with E-state index in [1.54, 1.807) is 6.08 Å². The normalized spacial score (nSPS) is 41.8. The smallest absolute Gasteiger partial charge is 0.189 e. The Bertz CT molecular complexity index is 164. The summed E-state index contributed by atoms with van der Waals surface area (Å²) in [6.07, 6.45) is 3.51. The highest BCUT2D eigenvalue weighted by molar-refractivity contribution is 5.96. The number of hydrogen-bond acceptors (Lipinski definition) is 3. The van der Waals surface area contributed by atoms with Crippen molar-refractivity contribution < 1.29 is 4.79 Å². The maximum atomic E-state index is 10.6. The van der Waals surface area contributed by atoms with E-state index in [2.05, 4.69) is 5.43 Å². The molecule has 1 saturated heterocycles. The molecule has 2 unspecified atom stereocenters. The van der Waals surface area contributed by atoms with E-state index in [0.29, 0.717) is 0 Å². The van der Waals surface area contributed by atoms with Crippen LogP contribution in [0.2, 0.25) is 0 Å². The number of hydrazine groups is 1. The first-order valence-corrected chi connectivity index (χ1v) is 2.61. The highest BCUT2D eigenvalue weighted by Gasteiger charge is 2.39. The molecule has 0 amide bonds. The Morgan fingerprint density at radius 2 is 2.75 bits per heavy atom. The minimum atomic E-state index is 0.0278. The molecule has 0 aliphatic carbocycles. The largest absolute Gasteiger partial charge is 0.291 e. The van der Waals surface area contributed by atoms with Crippen molar-refractivity contribution in [2.45, 2.75) is 6.17 Å². The van der Waals surface area contributed by atoms with Gasteiger partial charge < -0.3 is 0 Å². The van der Waals surface area contributed by atoms with Crippen molar-refractivity contribution in [2.75, 3.05) is 6.54 Å². The van der Waals surface area contributed by atoms with Crippen LogP contribution in [0.4, 0.5) is 0 Å². The van der Waals surface area contributed by atoms with Gasteiger partial charge in [-0.1, -0.05) is 6.08 Å². The first-order chi connectivity index (χ1) is 3.88. The molecule has 2 rings (SSSR count). The van der Waals surface area contributed by atoms with E-state index >= 15 is 0 Å². The highest BCUT2D eigenvalue weighted by atomic mass is 16.1. The van der Waals surface area contributed by atoms with E-state index in [1.807, 2.05) is 11.1 Å². The van der Waals surface area contributed by atoms with Gasteiger partial charge in [0.2, 0.25) is 0 Å². The summed E-state index contributed by atoms with van der Waals surface area (Å²) in [7, 11) is 0. The average molecular weight is 110 g/mol. The zero-order chi connectivity index (χ0) is 5.56. The molecule has 42 valence electrons. The van der Waals surface area contributed by atoms with E-state index < -0.39 is 0 Å². The molecule has 8 heavy (non-hydrogen) atoms. The van der Waals surface area contributed by atoms with Crippen molar-refractivity contribution in [3.8, 4) is 0 Å². The second-order valence-corrected chi connectivity index (χ2v) is 1.99. The second kappa shape index (κ2) is 1.18. The minimum Gasteiger partial charge on any atom is -0.291 e. The van der Waals surface area contributed by atoms with E-state index in [-0.39, 0.29) is 11.9 Å². The van der Waals surface area contributed by atoms with Gasteiger partial charge in [-0.2, -0.15) is 0 Å². The lowest BCUT2D eigenvalue weighted by Gasteiger charge is -1.96. The van der Waals surface area contributed by atoms with E-state index in [1.165, 1.54) is 0 Å². The molecule has 1 N–H and O–H groups in total. The Balaban J connectivity index is 2.24. The van der Waals surface area contributed by atoms with Crippen molar-refractivity contribution in [3.63, 3.8) is 0 Å². The second-order valence-electron chi connectivity index (χ2n) is 1.99. The lowest BCUT2D eigenvalue weighted by atomic mass is 10.3. The van der Waals surface area contributed by atoms with Crippen molar-refractivity contribution in [1.82, 2.24) is 10.4 Å². The molecule has 0 aromatic heterocycles. The number of hydrogen-bond donors (Lipinski definition) is 1. The molecule has 1 fully saturated rings. The summed E-state index contributed by atoms with van der Waals surface area (Å²) in [4.78, 5) is 10.6. The van der Waals surface area contributed by atoms with Crippen LogP contribution in [0, 0.1) is 0 Å². The fraction of sp³-hybridized carbons (Fsp3) is 0.400. The van der Waals surface area contributed by atoms with Crippen LogP contribution in [0.3, 0.4) is 0 Å². The summed E-state index contributed by atoms with van der Waals surface area (Å²) < 4.78 is 0. The highest BCUT2D eigenvalue weighted by Crippen LogP contribution is 2.13. The summed E-state index contributed by atoms with van der Waals surface area (Å²) in [5.41, 5.74) is 2.90. The van der Waals surface area contributed by atoms with Gasteiger partial charge in [0.1, 0.15) is 6.17 Å². The quantitative estimate of drug-likeness (QED) is 0.418. The molecule has 2 heterocycles. The number of ketones is 1. The van der Waals surface area contributed by atoms with Crippen LogP contribution in [-0.2, 0) is 4.79 Å². The fourth-order valence-electron chi connectivity index (χ4n) is 0.873. The van der Waals surface area contributed by atoms with Gasteiger partial charge in [0, 0.05) is 6.54 Å². The summed E-state index contributed by atoms with van der Waals surface area (Å²) in [5, 5.41) is 1.89. The molecule has 0 aromatic carbocycles. The number of nitrogens with zero attached hydrogens (tertiary/aromatic N) is 1. The maximum absolute atomic E-state index is 10.6. The van der Waals surface area contributed by atoms with Gasteiger partial charge in [0.05, 0.1) is 0 Å². The Morgan fingerprint density at radius 1 is 1.88 bits per heavy atom. The zero-order valence-corrected chi connectivity index (χ0v) is 4.29. The molecule has 2 aliphatic rings. The third-order valence-corrected chi connectivity index (χ3v) is 1.39. The van der Waals surface area contributed by atoms with Gasteiger partial charge in [-0.3, -0.25) is 4.79 Å². The Hall–Kier alpha value is -0.670. The summed E-state index contributed by atoms with van der Waals surface area (Å²) in [6.45, 7) is 0.871. The van der Waals surface area contributed by atoms with Gasteiger partial charge in [0.15, 0.2) is 5.78 Å². The van der Waals surface area contributed by atoms with Gasteiger partial charge in [-0.05, 0) is 6.08 Å². The van der Waals surface area contributed by atoms with Gasteiger partial charge >= 0.3 is 0 Å². The molecule has 0 radical (unpaired) electrons. The zero-order valence-electron chi connectivity index (χ0n) is 4.29. The molecule has 3 heteroatoms. The topological polar surface area (TPSA) is 42.0 Å². The predicted octanol–water partition coefficient (Wildman–Crippen LogP) is -0.728. The Kier molecular flexibility index (Phi) is 0.626. The van der Waals surface area contributed by atoms with Crippen molar-refractivity contribution in [1.29, 1.82) is 0 Å². The van der Waals surface area contributed by atoms with Crippen LogP contribution in [-0.4, -0.2) is 23.5 Å².